The van der Waals surface area contributed by atoms with Crippen molar-refractivity contribution in [2.24, 2.45) is 5.92 Å². The van der Waals surface area contributed by atoms with Crippen LogP contribution in [0, 0.1) is 5.92 Å². The molecule has 0 spiro atoms. The van der Waals surface area contributed by atoms with Crippen molar-refractivity contribution >= 4 is 17.3 Å². The highest BCUT2D eigenvalue weighted by Gasteiger charge is 2.04. The number of aromatic amines is 1. The Morgan fingerprint density at radius 1 is 1.47 bits per heavy atom. The van der Waals surface area contributed by atoms with Crippen molar-refractivity contribution in [2.75, 3.05) is 0 Å². The van der Waals surface area contributed by atoms with E-state index in [1.54, 1.807) is 0 Å². The summed E-state index contributed by atoms with van der Waals surface area (Å²) < 4.78 is 0. The molecular weight excluding hydrogens is 188 g/mol. The van der Waals surface area contributed by atoms with E-state index in [0.29, 0.717) is 0 Å². The minimum atomic E-state index is 0.109. The van der Waals surface area contributed by atoms with Crippen LogP contribution in [0.25, 0.3) is 11.0 Å². The Morgan fingerprint density at radius 2 is 2.27 bits per heavy atom. The quantitative estimate of drug-likeness (QED) is 0.773. The number of aldehydes is 1. The van der Waals surface area contributed by atoms with Crippen molar-refractivity contribution in [3.63, 3.8) is 0 Å². The minimum Gasteiger partial charge on any atom is -0.342 e. The summed E-state index contributed by atoms with van der Waals surface area (Å²) in [5, 5.41) is 0. The van der Waals surface area contributed by atoms with Gasteiger partial charge in [0.15, 0.2) is 0 Å². The van der Waals surface area contributed by atoms with Crippen LogP contribution >= 0.6 is 0 Å². The molecule has 0 amide bonds. The summed E-state index contributed by atoms with van der Waals surface area (Å²) in [5.74, 6) is 1.07. The average molecular weight is 202 g/mol. The van der Waals surface area contributed by atoms with Gasteiger partial charge in [0, 0.05) is 12.3 Å². The van der Waals surface area contributed by atoms with E-state index in [4.69, 9.17) is 0 Å². The van der Waals surface area contributed by atoms with Crippen LogP contribution in [0.15, 0.2) is 24.3 Å². The number of para-hydroxylation sites is 2. The van der Waals surface area contributed by atoms with Crippen molar-refractivity contribution in [2.45, 2.75) is 19.8 Å². The Kier molecular flexibility index (Phi) is 2.81. The molecule has 1 aromatic heterocycles. The lowest BCUT2D eigenvalue weighted by molar-refractivity contribution is -0.110. The zero-order chi connectivity index (χ0) is 10.7. The number of aromatic nitrogens is 2. The number of hydrogen-bond acceptors (Lipinski definition) is 2. The van der Waals surface area contributed by atoms with E-state index in [0.717, 1.165) is 36.0 Å². The predicted octanol–water partition coefficient (Wildman–Crippen LogP) is 2.33. The van der Waals surface area contributed by atoms with Crippen molar-refractivity contribution < 1.29 is 4.79 Å². The molecule has 0 aliphatic rings. The van der Waals surface area contributed by atoms with Gasteiger partial charge in [0.2, 0.25) is 0 Å². The second-order valence-electron chi connectivity index (χ2n) is 3.85. The number of rotatable bonds is 4. The molecule has 0 radical (unpaired) electrons. The number of imidazole rings is 1. The maximum atomic E-state index is 10.5. The second kappa shape index (κ2) is 4.26. The van der Waals surface area contributed by atoms with E-state index in [9.17, 15) is 4.79 Å². The Hall–Kier alpha value is -1.64. The van der Waals surface area contributed by atoms with Crippen LogP contribution in [0.1, 0.15) is 19.2 Å². The van der Waals surface area contributed by atoms with Gasteiger partial charge < -0.3 is 9.78 Å². The van der Waals surface area contributed by atoms with Gasteiger partial charge in [-0.3, -0.25) is 0 Å². The van der Waals surface area contributed by atoms with Gasteiger partial charge in [-0.25, -0.2) is 4.98 Å². The van der Waals surface area contributed by atoms with Gasteiger partial charge in [-0.15, -0.1) is 0 Å². The normalized spacial score (nSPS) is 12.9. The first-order valence-electron chi connectivity index (χ1n) is 5.18. The number of fused-ring (bicyclic) bond motifs is 1. The smallest absolute Gasteiger partial charge is 0.122 e. The predicted molar refractivity (Wildman–Crippen MR) is 59.6 cm³/mol. The number of H-pyrrole nitrogens is 1. The molecule has 0 bridgehead atoms. The van der Waals surface area contributed by atoms with E-state index >= 15 is 0 Å². The van der Waals surface area contributed by atoms with E-state index in [1.165, 1.54) is 0 Å². The molecule has 1 unspecified atom stereocenters. The maximum Gasteiger partial charge on any atom is 0.122 e. The van der Waals surface area contributed by atoms with Crippen LogP contribution < -0.4 is 0 Å². The molecule has 2 rings (SSSR count). The van der Waals surface area contributed by atoms with Gasteiger partial charge in [0.05, 0.1) is 11.0 Å². The third kappa shape index (κ3) is 2.24. The average Bonchev–Trinajstić information content (AvgIpc) is 2.68. The molecular formula is C12H14N2O. The fourth-order valence-corrected chi connectivity index (χ4v) is 1.56. The number of aryl methyl sites for hydroxylation is 1. The molecule has 1 atom stereocenters. The van der Waals surface area contributed by atoms with Crippen LogP contribution in [0.4, 0.5) is 0 Å². The van der Waals surface area contributed by atoms with Gasteiger partial charge in [0.1, 0.15) is 12.1 Å². The molecule has 0 aliphatic carbocycles. The van der Waals surface area contributed by atoms with Crippen LogP contribution in [0.5, 0.6) is 0 Å². The molecule has 1 heterocycles. The standard InChI is InChI=1S/C12H14N2O/c1-9(8-15)6-7-12-13-10-4-2-3-5-11(10)14-12/h2-5,8-9H,6-7H2,1H3,(H,13,14). The topological polar surface area (TPSA) is 45.8 Å². The van der Waals surface area contributed by atoms with Crippen LogP contribution in [0.3, 0.4) is 0 Å². The Balaban J connectivity index is 2.12. The van der Waals surface area contributed by atoms with Crippen LogP contribution in [-0.2, 0) is 11.2 Å². The number of carbonyl (C=O) groups is 1. The first-order chi connectivity index (χ1) is 7.29. The number of benzene rings is 1. The summed E-state index contributed by atoms with van der Waals surface area (Å²) in [4.78, 5) is 18.2. The number of hydrogen-bond donors (Lipinski definition) is 1. The zero-order valence-electron chi connectivity index (χ0n) is 8.73. The maximum absolute atomic E-state index is 10.5. The fourth-order valence-electron chi connectivity index (χ4n) is 1.56. The largest absolute Gasteiger partial charge is 0.342 e. The van der Waals surface area contributed by atoms with Gasteiger partial charge >= 0.3 is 0 Å². The first-order valence-corrected chi connectivity index (χ1v) is 5.18. The summed E-state index contributed by atoms with van der Waals surface area (Å²) in [7, 11) is 0. The summed E-state index contributed by atoms with van der Waals surface area (Å²) in [5.41, 5.74) is 2.05. The van der Waals surface area contributed by atoms with Crippen molar-refractivity contribution in [3.8, 4) is 0 Å². The molecule has 0 saturated heterocycles. The summed E-state index contributed by atoms with van der Waals surface area (Å²) in [6, 6.07) is 7.95. The van der Waals surface area contributed by atoms with Gasteiger partial charge in [-0.05, 0) is 18.6 Å². The van der Waals surface area contributed by atoms with Gasteiger partial charge in [-0.2, -0.15) is 0 Å². The minimum absolute atomic E-state index is 0.109. The first kappa shape index (κ1) is 9.90. The van der Waals surface area contributed by atoms with E-state index in [2.05, 4.69) is 9.97 Å². The number of carbonyl (C=O) groups excluding carboxylic acids is 1. The highest BCUT2D eigenvalue weighted by molar-refractivity contribution is 5.74. The molecule has 0 fully saturated rings. The highest BCUT2D eigenvalue weighted by Crippen LogP contribution is 2.12. The van der Waals surface area contributed by atoms with E-state index < -0.39 is 0 Å². The van der Waals surface area contributed by atoms with E-state index in [-0.39, 0.29) is 5.92 Å². The third-order valence-corrected chi connectivity index (χ3v) is 2.51. The Morgan fingerprint density at radius 3 is 3.00 bits per heavy atom. The van der Waals surface area contributed by atoms with Gasteiger partial charge in [0.25, 0.3) is 0 Å². The lowest BCUT2D eigenvalue weighted by atomic mass is 10.1. The second-order valence-corrected chi connectivity index (χ2v) is 3.85. The lowest BCUT2D eigenvalue weighted by Gasteiger charge is -1.99. The lowest BCUT2D eigenvalue weighted by Crippen LogP contribution is -1.99. The molecule has 3 nitrogen and oxygen atoms in total. The van der Waals surface area contributed by atoms with Gasteiger partial charge in [-0.1, -0.05) is 19.1 Å². The number of nitrogens with one attached hydrogen (secondary N) is 1. The zero-order valence-corrected chi connectivity index (χ0v) is 8.73. The molecule has 0 saturated carbocycles. The highest BCUT2D eigenvalue weighted by atomic mass is 16.1. The molecule has 0 aliphatic heterocycles. The molecule has 78 valence electrons. The van der Waals surface area contributed by atoms with Crippen molar-refractivity contribution in [1.82, 2.24) is 9.97 Å². The van der Waals surface area contributed by atoms with Crippen LogP contribution in [0.2, 0.25) is 0 Å². The molecule has 1 aromatic carbocycles. The summed E-state index contributed by atoms with van der Waals surface area (Å²) in [6.45, 7) is 1.93. The SMILES string of the molecule is CC(C=O)CCc1nc2ccccc2[nH]1. The molecule has 2 aromatic rings. The van der Waals surface area contributed by atoms with Crippen molar-refractivity contribution in [1.29, 1.82) is 0 Å². The molecule has 3 heteroatoms. The molecule has 1 N–H and O–H groups in total. The van der Waals surface area contributed by atoms with Crippen LogP contribution in [-0.4, -0.2) is 16.3 Å². The fraction of sp³-hybridized carbons (Fsp3) is 0.333. The van der Waals surface area contributed by atoms with Crippen molar-refractivity contribution in [3.05, 3.63) is 30.1 Å². The summed E-state index contributed by atoms with van der Waals surface area (Å²) in [6.07, 6.45) is 2.67. The molecule has 15 heavy (non-hydrogen) atoms. The summed E-state index contributed by atoms with van der Waals surface area (Å²) >= 11 is 0. The monoisotopic (exact) mass is 202 g/mol. The third-order valence-electron chi connectivity index (χ3n) is 2.51. The van der Waals surface area contributed by atoms with E-state index in [1.807, 2.05) is 31.2 Å². The Bertz CT molecular complexity index is 428. The Labute approximate surface area is 88.5 Å². The number of nitrogens with zero attached hydrogens (tertiary/aromatic N) is 1.